The molecule has 0 amide bonds. The minimum atomic E-state index is -3.31. The van der Waals surface area contributed by atoms with Gasteiger partial charge in [0, 0.05) is 0 Å². The van der Waals surface area contributed by atoms with E-state index in [1.165, 1.54) is 18.2 Å². The molecule has 0 aromatic heterocycles. The van der Waals surface area contributed by atoms with Gasteiger partial charge in [0.25, 0.3) is 0 Å². The number of rotatable bonds is 3. The molecule has 0 radical (unpaired) electrons. The Morgan fingerprint density at radius 3 is 2.60 bits per heavy atom. The first-order valence-electron chi connectivity index (χ1n) is 4.43. The Kier molecular flexibility index (Phi) is 3.72. The zero-order valence-corrected chi connectivity index (χ0v) is 9.77. The molecule has 1 aromatic rings. The van der Waals surface area contributed by atoms with Crippen LogP contribution in [0.5, 0.6) is 0 Å². The first-order chi connectivity index (χ1) is 7.01. The van der Waals surface area contributed by atoms with Gasteiger partial charge in [0.1, 0.15) is 0 Å². The van der Waals surface area contributed by atoms with Crippen molar-refractivity contribution >= 4 is 21.4 Å². The van der Waals surface area contributed by atoms with Gasteiger partial charge in [0.2, 0.25) is 0 Å². The van der Waals surface area contributed by atoms with Gasteiger partial charge < -0.3 is 0 Å². The van der Waals surface area contributed by atoms with Crippen LogP contribution in [-0.4, -0.2) is 14.2 Å². The summed E-state index contributed by atoms with van der Waals surface area (Å²) in [6, 6.07) is 6.10. The number of hydrogen-bond donors (Lipinski definition) is 0. The number of nitrogens with zero attached hydrogens (tertiary/aromatic N) is 1. The van der Waals surface area contributed by atoms with E-state index in [4.69, 9.17) is 16.9 Å². The highest BCUT2D eigenvalue weighted by molar-refractivity contribution is 7.91. The van der Waals surface area contributed by atoms with Crippen LogP contribution < -0.4 is 0 Å². The highest BCUT2D eigenvalue weighted by Crippen LogP contribution is 2.23. The standard InChI is InChI=1S/C10H10ClNO2S/c1-2-5-15(13,14)10-4-3-8(7-12)6-9(10)11/h3-4,6H,2,5H2,1H3. The summed E-state index contributed by atoms with van der Waals surface area (Å²) >= 11 is 5.80. The molecule has 0 atom stereocenters. The third kappa shape index (κ3) is 2.71. The summed E-state index contributed by atoms with van der Waals surface area (Å²) in [6.45, 7) is 1.79. The molecule has 15 heavy (non-hydrogen) atoms. The van der Waals surface area contributed by atoms with Crippen molar-refractivity contribution in [3.63, 3.8) is 0 Å². The maximum absolute atomic E-state index is 11.7. The lowest BCUT2D eigenvalue weighted by molar-refractivity contribution is 0.595. The van der Waals surface area contributed by atoms with Crippen molar-refractivity contribution in [1.29, 1.82) is 5.26 Å². The van der Waals surface area contributed by atoms with Gasteiger partial charge in [-0.15, -0.1) is 0 Å². The Morgan fingerprint density at radius 2 is 2.13 bits per heavy atom. The maximum Gasteiger partial charge on any atom is 0.179 e. The molecule has 80 valence electrons. The second-order valence-electron chi connectivity index (χ2n) is 3.08. The van der Waals surface area contributed by atoms with Crippen molar-refractivity contribution in [1.82, 2.24) is 0 Å². The van der Waals surface area contributed by atoms with E-state index in [-0.39, 0.29) is 15.7 Å². The molecule has 0 saturated heterocycles. The summed E-state index contributed by atoms with van der Waals surface area (Å²) in [6.07, 6.45) is 0.540. The molecule has 0 bridgehead atoms. The molecule has 0 N–H and O–H groups in total. The summed E-state index contributed by atoms with van der Waals surface area (Å²) in [5, 5.41) is 8.71. The summed E-state index contributed by atoms with van der Waals surface area (Å²) < 4.78 is 23.4. The lowest BCUT2D eigenvalue weighted by atomic mass is 10.2. The van der Waals surface area contributed by atoms with Crippen LogP contribution in [0.3, 0.4) is 0 Å². The van der Waals surface area contributed by atoms with Crippen molar-refractivity contribution < 1.29 is 8.42 Å². The van der Waals surface area contributed by atoms with E-state index in [0.29, 0.717) is 12.0 Å². The zero-order valence-electron chi connectivity index (χ0n) is 8.20. The molecule has 1 rings (SSSR count). The molecular formula is C10H10ClNO2S. The minimum absolute atomic E-state index is 0.0681. The first-order valence-corrected chi connectivity index (χ1v) is 6.46. The maximum atomic E-state index is 11.7. The zero-order chi connectivity index (χ0) is 11.5. The third-order valence-corrected chi connectivity index (χ3v) is 4.27. The summed E-state index contributed by atoms with van der Waals surface area (Å²) in [7, 11) is -3.31. The lowest BCUT2D eigenvalue weighted by Crippen LogP contribution is -2.06. The van der Waals surface area contributed by atoms with Crippen LogP contribution in [0.15, 0.2) is 23.1 Å². The number of hydrogen-bond acceptors (Lipinski definition) is 3. The van der Waals surface area contributed by atoms with Gasteiger partial charge in [0.15, 0.2) is 9.84 Å². The highest BCUT2D eigenvalue weighted by atomic mass is 35.5. The Morgan fingerprint density at radius 1 is 1.47 bits per heavy atom. The highest BCUT2D eigenvalue weighted by Gasteiger charge is 2.16. The fourth-order valence-corrected chi connectivity index (χ4v) is 3.12. The summed E-state index contributed by atoms with van der Waals surface area (Å²) in [4.78, 5) is 0.102. The SMILES string of the molecule is CCCS(=O)(=O)c1ccc(C#N)cc1Cl. The van der Waals surface area contributed by atoms with Gasteiger partial charge in [0.05, 0.1) is 27.3 Å². The molecule has 0 spiro atoms. The first kappa shape index (κ1) is 12.0. The van der Waals surface area contributed by atoms with Crippen molar-refractivity contribution in [3.05, 3.63) is 28.8 Å². The van der Waals surface area contributed by atoms with Gasteiger partial charge >= 0.3 is 0 Å². The number of sulfone groups is 1. The van der Waals surface area contributed by atoms with Crippen molar-refractivity contribution in [2.24, 2.45) is 0 Å². The topological polar surface area (TPSA) is 57.9 Å². The lowest BCUT2D eigenvalue weighted by Gasteiger charge is -2.04. The van der Waals surface area contributed by atoms with Crippen LogP contribution >= 0.6 is 11.6 Å². The Labute approximate surface area is 94.2 Å². The second kappa shape index (κ2) is 4.65. The van der Waals surface area contributed by atoms with Crippen LogP contribution in [-0.2, 0) is 9.84 Å². The van der Waals surface area contributed by atoms with E-state index in [1.807, 2.05) is 6.07 Å². The van der Waals surface area contributed by atoms with Crippen molar-refractivity contribution in [2.45, 2.75) is 18.2 Å². The smallest absolute Gasteiger partial charge is 0.179 e. The van der Waals surface area contributed by atoms with E-state index in [2.05, 4.69) is 0 Å². The van der Waals surface area contributed by atoms with Crippen LogP contribution in [0.1, 0.15) is 18.9 Å². The number of halogens is 1. The van der Waals surface area contributed by atoms with E-state index < -0.39 is 9.84 Å². The normalized spacial score (nSPS) is 11.0. The number of benzene rings is 1. The van der Waals surface area contributed by atoms with Crippen LogP contribution in [0.25, 0.3) is 0 Å². The minimum Gasteiger partial charge on any atom is -0.224 e. The molecular weight excluding hydrogens is 234 g/mol. The van der Waals surface area contributed by atoms with Crippen LogP contribution in [0.2, 0.25) is 5.02 Å². The Hall–Kier alpha value is -1.05. The van der Waals surface area contributed by atoms with Crippen LogP contribution in [0.4, 0.5) is 0 Å². The van der Waals surface area contributed by atoms with E-state index >= 15 is 0 Å². The molecule has 0 unspecified atom stereocenters. The van der Waals surface area contributed by atoms with Gasteiger partial charge in [-0.3, -0.25) is 0 Å². The van der Waals surface area contributed by atoms with E-state index in [0.717, 1.165) is 0 Å². The van der Waals surface area contributed by atoms with Gasteiger partial charge in [-0.2, -0.15) is 5.26 Å². The molecule has 0 aliphatic heterocycles. The largest absolute Gasteiger partial charge is 0.224 e. The monoisotopic (exact) mass is 243 g/mol. The van der Waals surface area contributed by atoms with E-state index in [1.54, 1.807) is 6.92 Å². The molecule has 0 heterocycles. The summed E-state index contributed by atoms with van der Waals surface area (Å²) in [5.74, 6) is 0.0681. The third-order valence-electron chi connectivity index (χ3n) is 1.87. The fourth-order valence-electron chi connectivity index (χ4n) is 1.20. The number of nitriles is 1. The predicted molar refractivity (Wildman–Crippen MR) is 58.5 cm³/mol. The molecule has 0 aliphatic carbocycles. The fraction of sp³-hybridized carbons (Fsp3) is 0.300. The van der Waals surface area contributed by atoms with Gasteiger partial charge in [-0.25, -0.2) is 8.42 Å². The summed E-state index contributed by atoms with van der Waals surface area (Å²) in [5.41, 5.74) is 0.357. The molecule has 0 aliphatic rings. The molecule has 3 nitrogen and oxygen atoms in total. The van der Waals surface area contributed by atoms with Gasteiger partial charge in [-0.1, -0.05) is 18.5 Å². The average Bonchev–Trinajstić information content (AvgIpc) is 2.17. The quantitative estimate of drug-likeness (QED) is 0.819. The Bertz CT molecular complexity index is 503. The molecule has 0 fully saturated rings. The van der Waals surface area contributed by atoms with E-state index in [9.17, 15) is 8.42 Å². The van der Waals surface area contributed by atoms with Gasteiger partial charge in [-0.05, 0) is 24.6 Å². The molecule has 1 aromatic carbocycles. The predicted octanol–water partition coefficient (Wildman–Crippen LogP) is 2.40. The van der Waals surface area contributed by atoms with Crippen molar-refractivity contribution in [3.8, 4) is 6.07 Å². The molecule has 5 heteroatoms. The Balaban J connectivity index is 3.24. The average molecular weight is 244 g/mol. The molecule has 0 saturated carbocycles. The van der Waals surface area contributed by atoms with Crippen molar-refractivity contribution in [2.75, 3.05) is 5.75 Å². The second-order valence-corrected chi connectivity index (χ2v) is 5.56. The van der Waals surface area contributed by atoms with Crippen LogP contribution in [0, 0.1) is 11.3 Å².